The first kappa shape index (κ1) is 18.4. The number of aldehydes is 1. The maximum atomic E-state index is 13.0. The predicted molar refractivity (Wildman–Crippen MR) is 101 cm³/mol. The van der Waals surface area contributed by atoms with Gasteiger partial charge >= 0.3 is 0 Å². The van der Waals surface area contributed by atoms with Gasteiger partial charge in [0.2, 0.25) is 10.0 Å². The van der Waals surface area contributed by atoms with E-state index in [0.29, 0.717) is 48.0 Å². The molecule has 1 saturated heterocycles. The van der Waals surface area contributed by atoms with E-state index in [1.807, 2.05) is 12.1 Å². The van der Waals surface area contributed by atoms with E-state index in [9.17, 15) is 13.2 Å². The molecule has 2 aromatic carbocycles. The third-order valence-electron chi connectivity index (χ3n) is 4.63. The van der Waals surface area contributed by atoms with Gasteiger partial charge in [-0.05, 0) is 55.0 Å². The Morgan fingerprint density at radius 3 is 2.19 bits per heavy atom. The Morgan fingerprint density at radius 1 is 1.00 bits per heavy atom. The van der Waals surface area contributed by atoms with Crippen LogP contribution in [-0.4, -0.2) is 52.3 Å². The van der Waals surface area contributed by atoms with Crippen molar-refractivity contribution in [3.63, 3.8) is 0 Å². The van der Waals surface area contributed by atoms with Crippen LogP contribution in [0.3, 0.4) is 0 Å². The molecule has 0 amide bonds. The summed E-state index contributed by atoms with van der Waals surface area (Å²) in [6.45, 7) is 3.83. The second-order valence-corrected chi connectivity index (χ2v) is 8.14. The van der Waals surface area contributed by atoms with Gasteiger partial charge in [0, 0.05) is 37.4 Å². The first-order valence-electron chi connectivity index (χ1n) is 8.40. The van der Waals surface area contributed by atoms with E-state index in [0.717, 1.165) is 12.0 Å². The van der Waals surface area contributed by atoms with Gasteiger partial charge in [-0.1, -0.05) is 0 Å². The van der Waals surface area contributed by atoms with Gasteiger partial charge in [0.1, 0.15) is 12.0 Å². The second kappa shape index (κ2) is 7.47. The van der Waals surface area contributed by atoms with Crippen LogP contribution in [0.15, 0.2) is 47.4 Å². The smallest absolute Gasteiger partial charge is 0.243 e. The summed E-state index contributed by atoms with van der Waals surface area (Å²) in [5.74, 6) is 0.644. The Balaban J connectivity index is 1.73. The average molecular weight is 374 g/mol. The minimum atomic E-state index is -3.53. The highest BCUT2D eigenvalue weighted by molar-refractivity contribution is 7.89. The largest absolute Gasteiger partial charge is 0.497 e. The molecule has 0 N–H and O–H groups in total. The number of aryl methyl sites for hydroxylation is 1. The molecule has 1 fully saturated rings. The van der Waals surface area contributed by atoms with Gasteiger partial charge in [0.25, 0.3) is 0 Å². The van der Waals surface area contributed by atoms with Gasteiger partial charge < -0.3 is 9.64 Å². The fourth-order valence-corrected chi connectivity index (χ4v) is 4.76. The van der Waals surface area contributed by atoms with Gasteiger partial charge in [0.15, 0.2) is 0 Å². The van der Waals surface area contributed by atoms with E-state index in [1.54, 1.807) is 44.4 Å². The molecule has 0 unspecified atom stereocenters. The van der Waals surface area contributed by atoms with Crippen molar-refractivity contribution >= 4 is 22.0 Å². The Morgan fingerprint density at radius 2 is 1.65 bits per heavy atom. The van der Waals surface area contributed by atoms with Crippen LogP contribution < -0.4 is 9.64 Å². The maximum Gasteiger partial charge on any atom is 0.243 e. The average Bonchev–Trinajstić information content (AvgIpc) is 2.67. The number of anilines is 1. The summed E-state index contributed by atoms with van der Waals surface area (Å²) in [7, 11) is -1.97. The van der Waals surface area contributed by atoms with Crippen LogP contribution in [-0.2, 0) is 10.0 Å². The van der Waals surface area contributed by atoms with Crippen LogP contribution in [0, 0.1) is 6.92 Å². The van der Waals surface area contributed by atoms with Crippen molar-refractivity contribution in [3.8, 4) is 5.75 Å². The number of methoxy groups -OCH3 is 1. The molecular formula is C19H22N2O4S. The lowest BCUT2D eigenvalue weighted by atomic mass is 10.2. The third-order valence-corrected chi connectivity index (χ3v) is 6.69. The molecule has 26 heavy (non-hydrogen) atoms. The standard InChI is InChI=1S/C19H22N2O4S/c1-15-13-18(25-2)7-8-19(15)26(23,24)21-11-9-20(10-12-21)17-5-3-16(14-22)4-6-17/h3-8,13-14H,9-12H2,1-2H3. The zero-order chi connectivity index (χ0) is 18.7. The van der Waals surface area contributed by atoms with Crippen LogP contribution in [0.5, 0.6) is 5.75 Å². The number of sulfonamides is 1. The minimum Gasteiger partial charge on any atom is -0.497 e. The molecule has 6 nitrogen and oxygen atoms in total. The summed E-state index contributed by atoms with van der Waals surface area (Å²) in [4.78, 5) is 13.2. The van der Waals surface area contributed by atoms with Gasteiger partial charge in [-0.2, -0.15) is 4.31 Å². The normalized spacial score (nSPS) is 15.7. The molecule has 1 heterocycles. The monoisotopic (exact) mass is 374 g/mol. The van der Waals surface area contributed by atoms with Crippen molar-refractivity contribution in [2.24, 2.45) is 0 Å². The molecule has 0 bridgehead atoms. The van der Waals surface area contributed by atoms with Crippen LogP contribution >= 0.6 is 0 Å². The molecule has 0 spiro atoms. The fraction of sp³-hybridized carbons (Fsp3) is 0.316. The summed E-state index contributed by atoms with van der Waals surface area (Å²) >= 11 is 0. The Bertz CT molecular complexity index is 886. The molecule has 0 atom stereocenters. The van der Waals surface area contributed by atoms with Gasteiger partial charge in [0.05, 0.1) is 12.0 Å². The predicted octanol–water partition coefficient (Wildman–Crippen LogP) is 2.33. The Labute approximate surface area is 154 Å². The number of carbonyl (C=O) groups excluding carboxylic acids is 1. The lowest BCUT2D eigenvalue weighted by Crippen LogP contribution is -2.48. The maximum absolute atomic E-state index is 13.0. The molecule has 3 rings (SSSR count). The van der Waals surface area contributed by atoms with Crippen molar-refractivity contribution in [1.82, 2.24) is 4.31 Å². The van der Waals surface area contributed by atoms with E-state index in [4.69, 9.17) is 4.74 Å². The molecular weight excluding hydrogens is 352 g/mol. The van der Waals surface area contributed by atoms with Crippen LogP contribution in [0.2, 0.25) is 0 Å². The number of hydrogen-bond donors (Lipinski definition) is 0. The fourth-order valence-electron chi connectivity index (χ4n) is 3.13. The number of nitrogens with zero attached hydrogens (tertiary/aromatic N) is 2. The third kappa shape index (κ3) is 3.59. The van der Waals surface area contributed by atoms with E-state index in [2.05, 4.69) is 4.90 Å². The Kier molecular flexibility index (Phi) is 5.29. The first-order valence-corrected chi connectivity index (χ1v) is 9.84. The van der Waals surface area contributed by atoms with Crippen molar-refractivity contribution in [2.45, 2.75) is 11.8 Å². The highest BCUT2D eigenvalue weighted by atomic mass is 32.2. The summed E-state index contributed by atoms with van der Waals surface area (Å²) < 4.78 is 32.6. The lowest BCUT2D eigenvalue weighted by Gasteiger charge is -2.35. The van der Waals surface area contributed by atoms with Gasteiger partial charge in [-0.15, -0.1) is 0 Å². The topological polar surface area (TPSA) is 66.9 Å². The molecule has 0 aliphatic carbocycles. The number of carbonyl (C=O) groups is 1. The zero-order valence-electron chi connectivity index (χ0n) is 14.9. The SMILES string of the molecule is COc1ccc(S(=O)(=O)N2CCN(c3ccc(C=O)cc3)CC2)c(C)c1. The molecule has 0 aromatic heterocycles. The summed E-state index contributed by atoms with van der Waals surface area (Å²) in [5, 5.41) is 0. The van der Waals surface area contributed by atoms with E-state index >= 15 is 0 Å². The van der Waals surface area contributed by atoms with Crippen LogP contribution in [0.25, 0.3) is 0 Å². The summed E-state index contributed by atoms with van der Waals surface area (Å²) in [6, 6.07) is 12.3. The van der Waals surface area contributed by atoms with E-state index in [1.165, 1.54) is 4.31 Å². The number of rotatable bonds is 5. The lowest BCUT2D eigenvalue weighted by molar-refractivity contribution is 0.112. The molecule has 0 saturated carbocycles. The Hall–Kier alpha value is -2.38. The number of piperazine rings is 1. The van der Waals surface area contributed by atoms with E-state index < -0.39 is 10.0 Å². The van der Waals surface area contributed by atoms with E-state index in [-0.39, 0.29) is 0 Å². The quantitative estimate of drug-likeness (QED) is 0.752. The van der Waals surface area contributed by atoms with Gasteiger partial charge in [-0.3, -0.25) is 4.79 Å². The minimum absolute atomic E-state index is 0.321. The van der Waals surface area contributed by atoms with Crippen molar-refractivity contribution in [1.29, 1.82) is 0 Å². The van der Waals surface area contributed by atoms with Crippen molar-refractivity contribution in [3.05, 3.63) is 53.6 Å². The number of ether oxygens (including phenoxy) is 1. The second-order valence-electron chi connectivity index (χ2n) is 6.23. The van der Waals surface area contributed by atoms with Crippen molar-refractivity contribution in [2.75, 3.05) is 38.2 Å². The van der Waals surface area contributed by atoms with Gasteiger partial charge in [-0.25, -0.2) is 8.42 Å². The summed E-state index contributed by atoms with van der Waals surface area (Å²) in [5.41, 5.74) is 2.30. The zero-order valence-corrected chi connectivity index (χ0v) is 15.7. The number of benzene rings is 2. The molecule has 0 radical (unpaired) electrons. The molecule has 1 aliphatic rings. The molecule has 138 valence electrons. The highest BCUT2D eigenvalue weighted by Crippen LogP contribution is 2.26. The summed E-state index contributed by atoms with van der Waals surface area (Å²) in [6.07, 6.45) is 0.811. The molecule has 2 aromatic rings. The molecule has 1 aliphatic heterocycles. The van der Waals surface area contributed by atoms with Crippen molar-refractivity contribution < 1.29 is 17.9 Å². The van der Waals surface area contributed by atoms with Crippen LogP contribution in [0.1, 0.15) is 15.9 Å². The number of hydrogen-bond acceptors (Lipinski definition) is 5. The highest BCUT2D eigenvalue weighted by Gasteiger charge is 2.29. The van der Waals surface area contributed by atoms with Crippen LogP contribution in [0.4, 0.5) is 5.69 Å². The first-order chi connectivity index (χ1) is 12.5. The molecule has 7 heteroatoms.